The fraction of sp³-hybridized carbons (Fsp3) is 0.500. The normalized spacial score (nSPS) is 16.7. The quantitative estimate of drug-likeness (QED) is 0.684. The molecule has 4 heteroatoms. The van der Waals surface area contributed by atoms with Crippen LogP contribution in [0.25, 0.3) is 0 Å². The minimum Gasteiger partial charge on any atom is -0.383 e. The van der Waals surface area contributed by atoms with Crippen molar-refractivity contribution in [2.45, 2.75) is 25.7 Å². The summed E-state index contributed by atoms with van der Waals surface area (Å²) >= 11 is 10.6. The molecule has 1 saturated carbocycles. The summed E-state index contributed by atoms with van der Waals surface area (Å²) in [5.41, 5.74) is 1.16. The number of hydrogen-bond donors (Lipinski definition) is 1. The van der Waals surface area contributed by atoms with Gasteiger partial charge in [0.2, 0.25) is 0 Å². The maximum atomic E-state index is 3.59. The highest BCUT2D eigenvalue weighted by Gasteiger charge is 2.15. The van der Waals surface area contributed by atoms with Crippen LogP contribution in [-0.4, -0.2) is 6.54 Å². The lowest BCUT2D eigenvalue weighted by atomic mass is 10.1. The van der Waals surface area contributed by atoms with Gasteiger partial charge in [-0.15, -0.1) is 0 Å². The molecule has 1 aliphatic carbocycles. The van der Waals surface area contributed by atoms with Crippen LogP contribution >= 0.6 is 47.8 Å². The van der Waals surface area contributed by atoms with Crippen LogP contribution in [0, 0.1) is 5.92 Å². The molecule has 16 heavy (non-hydrogen) atoms. The fourth-order valence-electron chi connectivity index (χ4n) is 2.17. The molecular formula is C12H14Br3N. The molecule has 1 nitrogen and oxygen atoms in total. The molecule has 1 aromatic rings. The average Bonchev–Trinajstić information content (AvgIpc) is 2.68. The number of halogens is 3. The van der Waals surface area contributed by atoms with Gasteiger partial charge in [0.1, 0.15) is 0 Å². The molecule has 0 aromatic heterocycles. The predicted molar refractivity (Wildman–Crippen MR) is 80.0 cm³/mol. The smallest absolute Gasteiger partial charge is 0.0629 e. The Morgan fingerprint density at radius 2 is 1.62 bits per heavy atom. The minimum absolute atomic E-state index is 0.849. The molecule has 0 heterocycles. The minimum atomic E-state index is 0.849. The van der Waals surface area contributed by atoms with E-state index in [0.717, 1.165) is 31.6 Å². The number of anilines is 1. The second-order valence-corrected chi connectivity index (χ2v) is 6.90. The molecule has 0 bridgehead atoms. The van der Waals surface area contributed by atoms with Crippen molar-refractivity contribution in [3.63, 3.8) is 0 Å². The van der Waals surface area contributed by atoms with Crippen LogP contribution in [0.4, 0.5) is 5.69 Å². The van der Waals surface area contributed by atoms with Crippen molar-refractivity contribution >= 4 is 53.5 Å². The Labute approximate surface area is 122 Å². The summed E-state index contributed by atoms with van der Waals surface area (Å²) in [6.45, 7) is 1.08. The van der Waals surface area contributed by atoms with Gasteiger partial charge in [-0.3, -0.25) is 0 Å². The Morgan fingerprint density at radius 3 is 2.19 bits per heavy atom. The van der Waals surface area contributed by atoms with E-state index in [1.54, 1.807) is 0 Å². The maximum absolute atomic E-state index is 3.59. The third-order valence-electron chi connectivity index (χ3n) is 3.05. The largest absolute Gasteiger partial charge is 0.383 e. The highest BCUT2D eigenvalue weighted by atomic mass is 79.9. The van der Waals surface area contributed by atoms with E-state index in [4.69, 9.17) is 0 Å². The molecule has 88 valence electrons. The van der Waals surface area contributed by atoms with Gasteiger partial charge in [0.05, 0.1) is 5.69 Å². The zero-order valence-corrected chi connectivity index (χ0v) is 13.7. The molecule has 0 unspecified atom stereocenters. The molecule has 0 aliphatic heterocycles. The van der Waals surface area contributed by atoms with Crippen LogP contribution in [0.3, 0.4) is 0 Å². The summed E-state index contributed by atoms with van der Waals surface area (Å²) in [5.74, 6) is 0.849. The van der Waals surface area contributed by atoms with Gasteiger partial charge < -0.3 is 5.32 Å². The molecule has 0 radical (unpaired) electrons. The molecule has 2 rings (SSSR count). The van der Waals surface area contributed by atoms with E-state index in [9.17, 15) is 0 Å². The second-order valence-electron chi connectivity index (χ2n) is 4.28. The van der Waals surface area contributed by atoms with Crippen molar-refractivity contribution in [1.82, 2.24) is 0 Å². The van der Waals surface area contributed by atoms with E-state index in [2.05, 4.69) is 65.2 Å². The second kappa shape index (κ2) is 5.87. The third kappa shape index (κ3) is 3.23. The number of nitrogens with one attached hydrogen (secondary N) is 1. The Morgan fingerprint density at radius 1 is 1.06 bits per heavy atom. The Bertz CT molecular complexity index is 350. The molecular weight excluding hydrogens is 398 g/mol. The van der Waals surface area contributed by atoms with E-state index < -0.39 is 0 Å². The van der Waals surface area contributed by atoms with Crippen molar-refractivity contribution in [2.75, 3.05) is 11.9 Å². The highest BCUT2D eigenvalue weighted by Crippen LogP contribution is 2.35. The van der Waals surface area contributed by atoms with Crippen LogP contribution in [0.15, 0.2) is 25.6 Å². The maximum Gasteiger partial charge on any atom is 0.0629 e. The summed E-state index contributed by atoms with van der Waals surface area (Å²) in [7, 11) is 0. The molecule has 1 N–H and O–H groups in total. The van der Waals surface area contributed by atoms with E-state index >= 15 is 0 Å². The lowest BCUT2D eigenvalue weighted by Crippen LogP contribution is -2.11. The van der Waals surface area contributed by atoms with Crippen LogP contribution in [-0.2, 0) is 0 Å². The lowest BCUT2D eigenvalue weighted by Gasteiger charge is -2.15. The molecule has 0 saturated heterocycles. The van der Waals surface area contributed by atoms with E-state index in [1.807, 2.05) is 0 Å². The zero-order chi connectivity index (χ0) is 11.5. The molecule has 0 atom stereocenters. The van der Waals surface area contributed by atoms with Gasteiger partial charge in [-0.1, -0.05) is 28.8 Å². The number of hydrogen-bond acceptors (Lipinski definition) is 1. The van der Waals surface area contributed by atoms with Gasteiger partial charge in [0.25, 0.3) is 0 Å². The first-order valence-electron chi connectivity index (χ1n) is 5.55. The van der Waals surface area contributed by atoms with Crippen molar-refractivity contribution in [1.29, 1.82) is 0 Å². The zero-order valence-electron chi connectivity index (χ0n) is 8.90. The number of benzene rings is 1. The van der Waals surface area contributed by atoms with Crippen LogP contribution in [0.1, 0.15) is 25.7 Å². The van der Waals surface area contributed by atoms with E-state index in [0.29, 0.717) is 0 Å². The van der Waals surface area contributed by atoms with Crippen LogP contribution in [0.5, 0.6) is 0 Å². The van der Waals surface area contributed by atoms with Crippen molar-refractivity contribution in [3.05, 3.63) is 25.6 Å². The topological polar surface area (TPSA) is 12.0 Å². The average molecular weight is 412 g/mol. The van der Waals surface area contributed by atoms with Crippen molar-refractivity contribution < 1.29 is 0 Å². The Balaban J connectivity index is 2.03. The van der Waals surface area contributed by atoms with Crippen LogP contribution < -0.4 is 5.32 Å². The summed E-state index contributed by atoms with van der Waals surface area (Å²) < 4.78 is 3.29. The van der Waals surface area contributed by atoms with Crippen molar-refractivity contribution in [2.24, 2.45) is 5.92 Å². The molecule has 1 fully saturated rings. The van der Waals surface area contributed by atoms with Gasteiger partial charge >= 0.3 is 0 Å². The van der Waals surface area contributed by atoms with E-state index in [-0.39, 0.29) is 0 Å². The first-order chi connectivity index (χ1) is 7.66. The molecule has 1 aromatic carbocycles. The highest BCUT2D eigenvalue weighted by molar-refractivity contribution is 9.11. The van der Waals surface area contributed by atoms with Gasteiger partial charge in [-0.05, 0) is 62.8 Å². The predicted octanol–water partition coefficient (Wildman–Crippen LogP) is 5.58. The van der Waals surface area contributed by atoms with Gasteiger partial charge in [-0.2, -0.15) is 0 Å². The number of rotatable bonds is 3. The summed E-state index contributed by atoms with van der Waals surface area (Å²) in [4.78, 5) is 0. The third-order valence-corrected chi connectivity index (χ3v) is 4.76. The summed E-state index contributed by atoms with van der Waals surface area (Å²) in [6.07, 6.45) is 5.54. The first kappa shape index (κ1) is 12.9. The Hall–Kier alpha value is 0.460. The monoisotopic (exact) mass is 409 g/mol. The fourth-order valence-corrected chi connectivity index (χ4v) is 4.71. The van der Waals surface area contributed by atoms with Crippen LogP contribution in [0.2, 0.25) is 0 Å². The summed E-state index contributed by atoms with van der Waals surface area (Å²) in [5, 5.41) is 3.54. The van der Waals surface area contributed by atoms with E-state index in [1.165, 1.54) is 25.7 Å². The first-order valence-corrected chi connectivity index (χ1v) is 7.93. The standard InChI is InChI=1S/C12H14Br3N/c13-9-5-10(14)12(11(15)6-9)16-7-8-3-1-2-4-8/h5-6,8,16H,1-4,7H2. The SMILES string of the molecule is Brc1cc(Br)c(NCC2CCCC2)c(Br)c1. The molecule has 0 spiro atoms. The Kier molecular flexibility index (Phi) is 4.74. The van der Waals surface area contributed by atoms with Gasteiger partial charge in [0.15, 0.2) is 0 Å². The van der Waals surface area contributed by atoms with Crippen molar-refractivity contribution in [3.8, 4) is 0 Å². The van der Waals surface area contributed by atoms with Gasteiger partial charge in [0, 0.05) is 20.0 Å². The molecule has 1 aliphatic rings. The van der Waals surface area contributed by atoms with Gasteiger partial charge in [-0.25, -0.2) is 0 Å². The molecule has 0 amide bonds. The lowest BCUT2D eigenvalue weighted by molar-refractivity contribution is 0.579. The summed E-state index contributed by atoms with van der Waals surface area (Å²) in [6, 6.07) is 4.14.